The van der Waals surface area contributed by atoms with Crippen molar-refractivity contribution >= 4 is 11.6 Å². The summed E-state index contributed by atoms with van der Waals surface area (Å²) in [5, 5.41) is 3.42. The molecule has 1 amide bonds. The maximum atomic E-state index is 12.6. The molecule has 0 saturated heterocycles. The first-order valence-corrected chi connectivity index (χ1v) is 7.26. The highest BCUT2D eigenvalue weighted by Gasteiger charge is 2.30. The molecule has 1 heterocycles. The Morgan fingerprint density at radius 3 is 2.79 bits per heavy atom. The molecular weight excluding hydrogens is 236 g/mol. The van der Waals surface area contributed by atoms with E-state index in [4.69, 9.17) is 0 Å². The third-order valence-electron chi connectivity index (χ3n) is 3.72. The van der Waals surface area contributed by atoms with Crippen molar-refractivity contribution in [2.75, 3.05) is 11.9 Å². The maximum Gasteiger partial charge on any atom is 0.245 e. The predicted octanol–water partition coefficient (Wildman–Crippen LogP) is 3.27. The molecule has 1 aliphatic heterocycles. The van der Waals surface area contributed by atoms with Gasteiger partial charge in [0.25, 0.3) is 0 Å². The third kappa shape index (κ3) is 3.09. The van der Waals surface area contributed by atoms with E-state index in [1.807, 2.05) is 17.0 Å². The number of nitrogens with zero attached hydrogens (tertiary/aromatic N) is 1. The van der Waals surface area contributed by atoms with Crippen molar-refractivity contribution in [1.82, 2.24) is 4.90 Å². The number of para-hydroxylation sites is 1. The number of unbranched alkanes of at least 4 members (excludes halogenated alkanes) is 1. The van der Waals surface area contributed by atoms with Gasteiger partial charge in [-0.3, -0.25) is 4.79 Å². The zero-order chi connectivity index (χ0) is 13.8. The van der Waals surface area contributed by atoms with E-state index in [2.05, 4.69) is 38.2 Å². The number of carbonyl (C=O) groups is 1. The van der Waals surface area contributed by atoms with Gasteiger partial charge in [0.1, 0.15) is 6.04 Å². The normalized spacial score (nSPS) is 19.1. The fraction of sp³-hybridized carbons (Fsp3) is 0.562. The summed E-state index contributed by atoms with van der Waals surface area (Å²) in [7, 11) is 0. The van der Waals surface area contributed by atoms with Gasteiger partial charge >= 0.3 is 0 Å². The minimum absolute atomic E-state index is 0.111. The van der Waals surface area contributed by atoms with Crippen molar-refractivity contribution in [3.05, 3.63) is 29.8 Å². The Morgan fingerprint density at radius 1 is 1.37 bits per heavy atom. The molecular formula is C16H24N2O. The highest BCUT2D eigenvalue weighted by Crippen LogP contribution is 2.25. The number of rotatable bonds is 4. The number of hydrogen-bond acceptors (Lipinski definition) is 2. The van der Waals surface area contributed by atoms with Gasteiger partial charge in [-0.1, -0.05) is 45.4 Å². The Labute approximate surface area is 116 Å². The zero-order valence-corrected chi connectivity index (χ0v) is 12.1. The number of hydrogen-bond donors (Lipinski definition) is 1. The molecule has 1 aromatic carbocycles. The van der Waals surface area contributed by atoms with Crippen LogP contribution in [0.3, 0.4) is 0 Å². The minimum atomic E-state index is -0.111. The van der Waals surface area contributed by atoms with Crippen LogP contribution in [0.15, 0.2) is 24.3 Å². The van der Waals surface area contributed by atoms with Crippen LogP contribution in [-0.2, 0) is 11.3 Å². The van der Waals surface area contributed by atoms with Crippen LogP contribution in [0.5, 0.6) is 0 Å². The van der Waals surface area contributed by atoms with E-state index < -0.39 is 0 Å². The van der Waals surface area contributed by atoms with E-state index in [9.17, 15) is 4.79 Å². The molecule has 0 aromatic heterocycles. The molecule has 19 heavy (non-hydrogen) atoms. The van der Waals surface area contributed by atoms with E-state index >= 15 is 0 Å². The second-order valence-corrected chi connectivity index (χ2v) is 5.64. The second-order valence-electron chi connectivity index (χ2n) is 5.64. The molecule has 0 radical (unpaired) electrons. The van der Waals surface area contributed by atoms with Gasteiger partial charge < -0.3 is 10.2 Å². The fourth-order valence-corrected chi connectivity index (χ4v) is 2.50. The summed E-state index contributed by atoms with van der Waals surface area (Å²) in [4.78, 5) is 14.6. The quantitative estimate of drug-likeness (QED) is 0.901. The van der Waals surface area contributed by atoms with Crippen molar-refractivity contribution in [1.29, 1.82) is 0 Å². The Kier molecular flexibility index (Phi) is 4.46. The van der Waals surface area contributed by atoms with Gasteiger partial charge in [-0.25, -0.2) is 0 Å². The second kappa shape index (κ2) is 6.09. The maximum absolute atomic E-state index is 12.6. The first-order chi connectivity index (χ1) is 9.13. The minimum Gasteiger partial charge on any atom is -0.373 e. The summed E-state index contributed by atoms with van der Waals surface area (Å²) >= 11 is 0. The van der Waals surface area contributed by atoms with Crippen molar-refractivity contribution in [2.24, 2.45) is 5.92 Å². The Bertz CT molecular complexity index is 442. The summed E-state index contributed by atoms with van der Waals surface area (Å²) in [6, 6.07) is 8.13. The van der Waals surface area contributed by atoms with Gasteiger partial charge in [0.05, 0.1) is 0 Å². The summed E-state index contributed by atoms with van der Waals surface area (Å²) < 4.78 is 0. The highest BCUT2D eigenvalue weighted by molar-refractivity contribution is 5.86. The molecule has 1 atom stereocenters. The molecule has 3 nitrogen and oxygen atoms in total. The van der Waals surface area contributed by atoms with Crippen LogP contribution >= 0.6 is 0 Å². The topological polar surface area (TPSA) is 32.3 Å². The lowest BCUT2D eigenvalue weighted by atomic mass is 10.0. The van der Waals surface area contributed by atoms with Crippen LogP contribution in [0.4, 0.5) is 5.69 Å². The lowest BCUT2D eigenvalue weighted by Gasteiger charge is -2.26. The van der Waals surface area contributed by atoms with E-state index in [1.165, 1.54) is 5.56 Å². The number of nitrogens with one attached hydrogen (secondary N) is 1. The molecule has 0 fully saturated rings. The standard InChI is InChI=1S/C16H24N2O/c1-4-5-10-18-11-13-8-6-7-9-14(13)17-15(12(2)3)16(18)19/h6-9,12,15,17H,4-5,10-11H2,1-3H3/t15-/m0/s1. The largest absolute Gasteiger partial charge is 0.373 e. The van der Waals surface area contributed by atoms with Crippen LogP contribution in [0, 0.1) is 5.92 Å². The van der Waals surface area contributed by atoms with E-state index in [0.29, 0.717) is 5.92 Å². The molecule has 1 aliphatic rings. The summed E-state index contributed by atoms with van der Waals surface area (Å²) in [6.07, 6.45) is 2.18. The molecule has 2 rings (SSSR count). The fourth-order valence-electron chi connectivity index (χ4n) is 2.50. The number of carbonyl (C=O) groups excluding carboxylic acids is 1. The molecule has 3 heteroatoms. The SMILES string of the molecule is CCCCN1Cc2ccccc2N[C@@H](C(C)C)C1=O. The van der Waals surface area contributed by atoms with Gasteiger partial charge in [0.2, 0.25) is 5.91 Å². The van der Waals surface area contributed by atoms with Crippen molar-refractivity contribution in [3.8, 4) is 0 Å². The first kappa shape index (κ1) is 13.9. The van der Waals surface area contributed by atoms with Gasteiger partial charge in [-0.05, 0) is 24.0 Å². The summed E-state index contributed by atoms with van der Waals surface area (Å²) in [6.45, 7) is 7.94. The van der Waals surface area contributed by atoms with Gasteiger partial charge in [0.15, 0.2) is 0 Å². The molecule has 0 spiro atoms. The number of anilines is 1. The van der Waals surface area contributed by atoms with Crippen molar-refractivity contribution in [3.63, 3.8) is 0 Å². The van der Waals surface area contributed by atoms with Crippen LogP contribution in [0.25, 0.3) is 0 Å². The monoisotopic (exact) mass is 260 g/mol. The van der Waals surface area contributed by atoms with Gasteiger partial charge in [0, 0.05) is 18.8 Å². The highest BCUT2D eigenvalue weighted by atomic mass is 16.2. The van der Waals surface area contributed by atoms with E-state index in [-0.39, 0.29) is 11.9 Å². The number of benzene rings is 1. The zero-order valence-electron chi connectivity index (χ0n) is 12.1. The Balaban J connectivity index is 2.29. The lowest BCUT2D eigenvalue weighted by molar-refractivity contribution is -0.133. The predicted molar refractivity (Wildman–Crippen MR) is 79.0 cm³/mol. The first-order valence-electron chi connectivity index (χ1n) is 7.26. The smallest absolute Gasteiger partial charge is 0.245 e. The molecule has 0 saturated carbocycles. The summed E-state index contributed by atoms with van der Waals surface area (Å²) in [5.74, 6) is 0.530. The summed E-state index contributed by atoms with van der Waals surface area (Å²) in [5.41, 5.74) is 2.32. The number of fused-ring (bicyclic) bond motifs is 1. The Hall–Kier alpha value is -1.51. The third-order valence-corrected chi connectivity index (χ3v) is 3.72. The Morgan fingerprint density at radius 2 is 2.11 bits per heavy atom. The van der Waals surface area contributed by atoms with Crippen molar-refractivity contribution in [2.45, 2.75) is 46.2 Å². The van der Waals surface area contributed by atoms with Crippen molar-refractivity contribution < 1.29 is 4.79 Å². The van der Waals surface area contributed by atoms with Crippen LogP contribution in [0.1, 0.15) is 39.2 Å². The average molecular weight is 260 g/mol. The average Bonchev–Trinajstić information content (AvgIpc) is 2.54. The van der Waals surface area contributed by atoms with E-state index in [1.54, 1.807) is 0 Å². The van der Waals surface area contributed by atoms with Crippen LogP contribution in [-0.4, -0.2) is 23.4 Å². The lowest BCUT2D eigenvalue weighted by Crippen LogP contribution is -2.43. The molecule has 104 valence electrons. The number of amides is 1. The molecule has 0 aliphatic carbocycles. The van der Waals surface area contributed by atoms with Gasteiger partial charge in [-0.2, -0.15) is 0 Å². The molecule has 0 bridgehead atoms. The van der Waals surface area contributed by atoms with Crippen LogP contribution < -0.4 is 5.32 Å². The molecule has 1 N–H and O–H groups in total. The molecule has 1 aromatic rings. The molecule has 0 unspecified atom stereocenters. The van der Waals surface area contributed by atoms with Gasteiger partial charge in [-0.15, -0.1) is 0 Å². The van der Waals surface area contributed by atoms with Crippen LogP contribution in [0.2, 0.25) is 0 Å². The van der Waals surface area contributed by atoms with E-state index in [0.717, 1.165) is 31.6 Å².